The van der Waals surface area contributed by atoms with Crippen LogP contribution in [-0.2, 0) is 27.8 Å². The highest BCUT2D eigenvalue weighted by molar-refractivity contribution is 7.90. The lowest BCUT2D eigenvalue weighted by Crippen LogP contribution is -2.32. The Kier molecular flexibility index (Phi) is 8.30. The van der Waals surface area contributed by atoms with Crippen LogP contribution in [0.3, 0.4) is 0 Å². The smallest absolute Gasteiger partial charge is 0.283 e. The van der Waals surface area contributed by atoms with Gasteiger partial charge < -0.3 is 5.32 Å². The average molecular weight is 469 g/mol. The lowest BCUT2D eigenvalue weighted by Gasteiger charge is -2.20. The van der Waals surface area contributed by atoms with Gasteiger partial charge in [0.2, 0.25) is 5.91 Å². The molecule has 0 atom stereocenters. The summed E-state index contributed by atoms with van der Waals surface area (Å²) < 4.78 is 29.6. The third kappa shape index (κ3) is 6.08. The highest BCUT2D eigenvalue weighted by Crippen LogP contribution is 2.32. The lowest BCUT2D eigenvalue weighted by atomic mass is 9.87. The van der Waals surface area contributed by atoms with Gasteiger partial charge in [-0.25, -0.2) is 4.72 Å². The van der Waals surface area contributed by atoms with Gasteiger partial charge in [0.25, 0.3) is 10.0 Å². The van der Waals surface area contributed by atoms with Gasteiger partial charge in [-0.15, -0.1) is 0 Å². The van der Waals surface area contributed by atoms with Crippen LogP contribution in [0.4, 0.5) is 0 Å². The Hall–Kier alpha value is -1.90. The van der Waals surface area contributed by atoms with Gasteiger partial charge in [0.05, 0.1) is 12.1 Å². The van der Waals surface area contributed by atoms with Crippen LogP contribution in [0, 0.1) is 0 Å². The van der Waals surface area contributed by atoms with Crippen molar-refractivity contribution in [2.75, 3.05) is 7.05 Å². The number of hydrogen-bond acceptors (Lipinski definition) is 5. The molecule has 0 aliphatic heterocycles. The second kappa shape index (κ2) is 10.1. The fourth-order valence-electron chi connectivity index (χ4n) is 3.61. The summed E-state index contributed by atoms with van der Waals surface area (Å²) in [6, 6.07) is 5.18. The summed E-state index contributed by atoms with van der Waals surface area (Å²) in [5, 5.41) is 7.67. The summed E-state index contributed by atoms with van der Waals surface area (Å²) in [4.78, 5) is 12.8. The van der Waals surface area contributed by atoms with Crippen molar-refractivity contribution in [3.8, 4) is 0 Å². The lowest BCUT2D eigenvalue weighted by molar-refractivity contribution is -0.118. The van der Waals surface area contributed by atoms with Gasteiger partial charge in [-0.3, -0.25) is 9.48 Å². The summed E-state index contributed by atoms with van der Waals surface area (Å²) in [6.07, 6.45) is -0.0499. The monoisotopic (exact) mass is 468 g/mol. The number of amides is 1. The molecule has 0 radical (unpaired) electrons. The molecule has 0 unspecified atom stereocenters. The maximum absolute atomic E-state index is 12.9. The van der Waals surface area contributed by atoms with E-state index in [0.717, 1.165) is 22.4 Å². The molecule has 0 bridgehead atoms. The van der Waals surface area contributed by atoms with Crippen molar-refractivity contribution in [2.45, 2.75) is 77.4 Å². The van der Waals surface area contributed by atoms with Crippen LogP contribution in [0.5, 0.6) is 0 Å². The zero-order chi connectivity index (χ0) is 23.5. The molecular weight excluding hydrogens is 436 g/mol. The molecule has 2 aromatic rings. The Morgan fingerprint density at radius 3 is 2.06 bits per heavy atom. The molecule has 1 amide bonds. The number of benzene rings is 1. The van der Waals surface area contributed by atoms with E-state index in [1.54, 1.807) is 11.7 Å². The van der Waals surface area contributed by atoms with E-state index in [1.807, 2.05) is 53.7 Å². The van der Waals surface area contributed by atoms with Crippen LogP contribution >= 0.6 is 11.6 Å². The van der Waals surface area contributed by atoms with Crippen LogP contribution < -0.4 is 10.0 Å². The topological polar surface area (TPSA) is 93.1 Å². The molecule has 0 saturated heterocycles. The number of carbonyl (C=O) groups is 1. The molecule has 2 N–H and O–H groups in total. The summed E-state index contributed by atoms with van der Waals surface area (Å²) >= 11 is 6.29. The first-order valence-corrected chi connectivity index (χ1v) is 12.3. The van der Waals surface area contributed by atoms with Gasteiger partial charge in [0, 0.05) is 23.7 Å². The van der Waals surface area contributed by atoms with Gasteiger partial charge in [-0.05, 0) is 61.6 Å². The number of hydrogen-bond donors (Lipinski definition) is 2. The fourth-order valence-corrected chi connectivity index (χ4v) is 4.81. The van der Waals surface area contributed by atoms with Crippen molar-refractivity contribution in [1.29, 1.82) is 0 Å². The molecule has 1 aromatic heterocycles. The standard InChI is InChI=1S/C22H33ClN4O3S/c1-13(2)18-8-16(23)9-19(14(3)4)20(18)11-21(28)26-31(29,30)22-10-17(12-24-7)27(25-22)15(5)6/h8-10,13-15,24H,11-12H2,1-7H3,(H,26,28). The molecule has 0 saturated carbocycles. The van der Waals surface area contributed by atoms with Crippen molar-refractivity contribution in [3.05, 3.63) is 45.6 Å². The number of halogens is 1. The third-order valence-electron chi connectivity index (χ3n) is 5.03. The minimum absolute atomic E-state index is 0.0146. The van der Waals surface area contributed by atoms with Gasteiger partial charge in [-0.2, -0.15) is 13.5 Å². The Labute approximate surface area is 190 Å². The largest absolute Gasteiger partial charge is 0.314 e. The highest BCUT2D eigenvalue weighted by Gasteiger charge is 2.25. The van der Waals surface area contributed by atoms with Crippen LogP contribution in [0.25, 0.3) is 0 Å². The number of sulfonamides is 1. The van der Waals surface area contributed by atoms with Gasteiger partial charge in [0.1, 0.15) is 0 Å². The van der Waals surface area contributed by atoms with Crippen LogP contribution in [0.1, 0.15) is 81.8 Å². The van der Waals surface area contributed by atoms with E-state index in [0.29, 0.717) is 11.6 Å². The third-order valence-corrected chi connectivity index (χ3v) is 6.49. The number of carbonyl (C=O) groups excluding carboxylic acids is 1. The number of nitrogens with one attached hydrogen (secondary N) is 2. The van der Waals surface area contributed by atoms with Gasteiger partial charge in [-0.1, -0.05) is 39.3 Å². The van der Waals surface area contributed by atoms with E-state index in [1.165, 1.54) is 6.07 Å². The first-order chi connectivity index (χ1) is 14.4. The fraction of sp³-hybridized carbons (Fsp3) is 0.545. The maximum atomic E-state index is 12.9. The van der Waals surface area contributed by atoms with Crippen LogP contribution in [0.2, 0.25) is 5.02 Å². The molecule has 7 nitrogen and oxygen atoms in total. The van der Waals surface area contributed by atoms with E-state index in [4.69, 9.17) is 11.6 Å². The molecule has 0 fully saturated rings. The molecule has 2 rings (SSSR count). The second-order valence-electron chi connectivity index (χ2n) is 8.62. The molecule has 9 heteroatoms. The molecule has 172 valence electrons. The average Bonchev–Trinajstić information content (AvgIpc) is 3.07. The van der Waals surface area contributed by atoms with Crippen LogP contribution in [0.15, 0.2) is 23.2 Å². The minimum atomic E-state index is -4.09. The molecule has 1 aromatic carbocycles. The summed E-state index contributed by atoms with van der Waals surface area (Å²) in [6.45, 7) is 12.4. The zero-order valence-electron chi connectivity index (χ0n) is 19.3. The Balaban J connectivity index is 2.35. The molecule has 0 aliphatic rings. The number of nitrogens with zero attached hydrogens (tertiary/aromatic N) is 2. The van der Waals surface area contributed by atoms with E-state index in [-0.39, 0.29) is 29.3 Å². The Morgan fingerprint density at radius 2 is 1.61 bits per heavy atom. The summed E-state index contributed by atoms with van der Waals surface area (Å²) in [5.41, 5.74) is 3.45. The van der Waals surface area contributed by atoms with Gasteiger partial charge >= 0.3 is 0 Å². The van der Waals surface area contributed by atoms with Crippen molar-refractivity contribution in [1.82, 2.24) is 19.8 Å². The number of aromatic nitrogens is 2. The number of rotatable bonds is 9. The van der Waals surface area contributed by atoms with Crippen molar-refractivity contribution in [2.24, 2.45) is 0 Å². The first-order valence-electron chi connectivity index (χ1n) is 10.5. The van der Waals surface area contributed by atoms with Crippen molar-refractivity contribution >= 4 is 27.5 Å². The van der Waals surface area contributed by atoms with E-state index >= 15 is 0 Å². The van der Waals surface area contributed by atoms with E-state index in [9.17, 15) is 13.2 Å². The normalized spacial score (nSPS) is 12.2. The second-order valence-corrected chi connectivity index (χ2v) is 10.7. The molecule has 0 spiro atoms. The van der Waals surface area contributed by atoms with E-state index in [2.05, 4.69) is 15.1 Å². The quantitative estimate of drug-likeness (QED) is 0.577. The summed E-state index contributed by atoms with van der Waals surface area (Å²) in [5.74, 6) is -0.316. The predicted molar refractivity (Wildman–Crippen MR) is 124 cm³/mol. The predicted octanol–water partition coefficient (Wildman–Crippen LogP) is 4.13. The Bertz CT molecular complexity index is 1010. The minimum Gasteiger partial charge on any atom is -0.314 e. The van der Waals surface area contributed by atoms with E-state index < -0.39 is 15.9 Å². The SMILES string of the molecule is CNCc1cc(S(=O)(=O)NC(=O)Cc2c(C(C)C)cc(Cl)cc2C(C)C)nn1C(C)C. The first kappa shape index (κ1) is 25.4. The van der Waals surface area contributed by atoms with Crippen molar-refractivity contribution < 1.29 is 13.2 Å². The Morgan fingerprint density at radius 1 is 1.06 bits per heavy atom. The van der Waals surface area contributed by atoms with Gasteiger partial charge in [0.15, 0.2) is 5.03 Å². The highest BCUT2D eigenvalue weighted by atomic mass is 35.5. The zero-order valence-corrected chi connectivity index (χ0v) is 20.9. The maximum Gasteiger partial charge on any atom is 0.283 e. The van der Waals surface area contributed by atoms with Crippen molar-refractivity contribution in [3.63, 3.8) is 0 Å². The molecular formula is C22H33ClN4O3S. The summed E-state index contributed by atoms with van der Waals surface area (Å²) in [7, 11) is -2.32. The molecule has 1 heterocycles. The molecule has 0 aliphatic carbocycles. The molecule has 31 heavy (non-hydrogen) atoms. The van der Waals surface area contributed by atoms with Crippen LogP contribution in [-0.4, -0.2) is 31.2 Å².